The first kappa shape index (κ1) is 16.3. The molecular weight excluding hydrogens is 262 g/mol. The maximum absolute atomic E-state index is 5.92. The van der Waals surface area contributed by atoms with Crippen LogP contribution in [0, 0.1) is 0 Å². The molecule has 0 aliphatic heterocycles. The third-order valence-corrected chi connectivity index (χ3v) is 2.92. The molecular formula is C15H24ClNO2. The van der Waals surface area contributed by atoms with Crippen LogP contribution in [-0.2, 0) is 16.0 Å². The molecule has 1 aromatic heterocycles. The maximum atomic E-state index is 5.92. The van der Waals surface area contributed by atoms with E-state index in [0.29, 0.717) is 25.0 Å². The molecule has 0 amide bonds. The SMILES string of the molecule is CCCOCCOc1cc(CCl)cc(C(C)(C)C)n1. The highest BCUT2D eigenvalue weighted by Gasteiger charge is 2.17. The van der Waals surface area contributed by atoms with Crippen molar-refractivity contribution in [1.29, 1.82) is 0 Å². The topological polar surface area (TPSA) is 31.4 Å². The highest BCUT2D eigenvalue weighted by molar-refractivity contribution is 6.17. The van der Waals surface area contributed by atoms with Crippen LogP contribution in [0.1, 0.15) is 45.4 Å². The van der Waals surface area contributed by atoms with Gasteiger partial charge in [-0.05, 0) is 18.1 Å². The van der Waals surface area contributed by atoms with E-state index in [1.54, 1.807) is 0 Å². The molecule has 0 unspecified atom stereocenters. The number of halogens is 1. The van der Waals surface area contributed by atoms with E-state index in [4.69, 9.17) is 21.1 Å². The van der Waals surface area contributed by atoms with Crippen LogP contribution in [0.2, 0.25) is 0 Å². The molecule has 108 valence electrons. The molecule has 0 aliphatic carbocycles. The third-order valence-electron chi connectivity index (χ3n) is 2.61. The highest BCUT2D eigenvalue weighted by atomic mass is 35.5. The van der Waals surface area contributed by atoms with Gasteiger partial charge >= 0.3 is 0 Å². The predicted octanol–water partition coefficient (Wildman–Crippen LogP) is 3.92. The molecule has 1 heterocycles. The molecule has 0 radical (unpaired) electrons. The van der Waals surface area contributed by atoms with E-state index in [9.17, 15) is 0 Å². The summed E-state index contributed by atoms with van der Waals surface area (Å²) in [6, 6.07) is 3.93. The van der Waals surface area contributed by atoms with Gasteiger partial charge in [0.25, 0.3) is 0 Å². The van der Waals surface area contributed by atoms with Gasteiger partial charge in [0.1, 0.15) is 6.61 Å². The summed E-state index contributed by atoms with van der Waals surface area (Å²) in [4.78, 5) is 4.53. The van der Waals surface area contributed by atoms with Gasteiger partial charge in [0.2, 0.25) is 5.88 Å². The second-order valence-corrected chi connectivity index (χ2v) is 5.81. The second kappa shape index (κ2) is 7.71. The van der Waals surface area contributed by atoms with Crippen LogP contribution >= 0.6 is 11.6 Å². The first-order valence-corrected chi connectivity index (χ1v) is 7.28. The Morgan fingerprint density at radius 2 is 1.89 bits per heavy atom. The summed E-state index contributed by atoms with van der Waals surface area (Å²) in [6.07, 6.45) is 1.02. The van der Waals surface area contributed by atoms with Crippen molar-refractivity contribution in [3.05, 3.63) is 23.4 Å². The lowest BCUT2D eigenvalue weighted by Crippen LogP contribution is -2.15. The van der Waals surface area contributed by atoms with E-state index >= 15 is 0 Å². The van der Waals surface area contributed by atoms with Gasteiger partial charge in [-0.1, -0.05) is 27.7 Å². The number of hydrogen-bond donors (Lipinski definition) is 0. The van der Waals surface area contributed by atoms with Crippen molar-refractivity contribution in [2.45, 2.75) is 45.4 Å². The van der Waals surface area contributed by atoms with Crippen LogP contribution in [0.3, 0.4) is 0 Å². The van der Waals surface area contributed by atoms with Crippen LogP contribution in [-0.4, -0.2) is 24.8 Å². The zero-order valence-corrected chi connectivity index (χ0v) is 13.1. The lowest BCUT2D eigenvalue weighted by atomic mass is 9.91. The number of ether oxygens (including phenoxy) is 2. The van der Waals surface area contributed by atoms with Gasteiger partial charge in [-0.2, -0.15) is 0 Å². The van der Waals surface area contributed by atoms with Crippen LogP contribution < -0.4 is 4.74 Å². The molecule has 1 rings (SSSR count). The van der Waals surface area contributed by atoms with Crippen molar-refractivity contribution < 1.29 is 9.47 Å². The summed E-state index contributed by atoms with van der Waals surface area (Å²) in [5.74, 6) is 1.09. The summed E-state index contributed by atoms with van der Waals surface area (Å²) >= 11 is 5.92. The first-order chi connectivity index (χ1) is 8.97. The van der Waals surface area contributed by atoms with Gasteiger partial charge in [0.15, 0.2) is 0 Å². The number of pyridine rings is 1. The standard InChI is InChI=1S/C15H24ClNO2/c1-5-6-18-7-8-19-14-10-12(11-16)9-13(17-14)15(2,3)4/h9-10H,5-8,11H2,1-4H3. The number of rotatable bonds is 7. The van der Waals surface area contributed by atoms with Gasteiger partial charge in [-0.25, -0.2) is 4.98 Å². The van der Waals surface area contributed by atoms with Crippen LogP contribution in [0.5, 0.6) is 5.88 Å². The number of alkyl halides is 1. The third kappa shape index (κ3) is 5.79. The Kier molecular flexibility index (Phi) is 6.59. The van der Waals surface area contributed by atoms with E-state index < -0.39 is 0 Å². The van der Waals surface area contributed by atoms with Crippen molar-refractivity contribution in [2.75, 3.05) is 19.8 Å². The zero-order valence-electron chi connectivity index (χ0n) is 12.3. The molecule has 0 bridgehead atoms. The number of aromatic nitrogens is 1. The molecule has 3 nitrogen and oxygen atoms in total. The van der Waals surface area contributed by atoms with Gasteiger partial charge in [-0.15, -0.1) is 11.6 Å². The minimum absolute atomic E-state index is 0.0150. The lowest BCUT2D eigenvalue weighted by Gasteiger charge is -2.19. The Hall–Kier alpha value is -0.800. The van der Waals surface area contributed by atoms with Crippen molar-refractivity contribution in [3.8, 4) is 5.88 Å². The smallest absolute Gasteiger partial charge is 0.213 e. The van der Waals surface area contributed by atoms with E-state index in [1.165, 1.54) is 0 Å². The molecule has 0 N–H and O–H groups in total. The predicted molar refractivity (Wildman–Crippen MR) is 79.1 cm³/mol. The molecule has 19 heavy (non-hydrogen) atoms. The van der Waals surface area contributed by atoms with Crippen LogP contribution in [0.4, 0.5) is 0 Å². The Morgan fingerprint density at radius 3 is 2.47 bits per heavy atom. The first-order valence-electron chi connectivity index (χ1n) is 6.75. The number of hydrogen-bond acceptors (Lipinski definition) is 3. The average molecular weight is 286 g/mol. The summed E-state index contributed by atoms with van der Waals surface area (Å²) < 4.78 is 11.0. The molecule has 0 aliphatic rings. The molecule has 0 saturated heterocycles. The largest absolute Gasteiger partial charge is 0.475 e. The zero-order chi connectivity index (χ0) is 14.3. The minimum Gasteiger partial charge on any atom is -0.475 e. The average Bonchev–Trinajstić information content (AvgIpc) is 2.37. The van der Waals surface area contributed by atoms with E-state index in [-0.39, 0.29) is 5.41 Å². The molecule has 0 spiro atoms. The lowest BCUT2D eigenvalue weighted by molar-refractivity contribution is 0.0988. The van der Waals surface area contributed by atoms with E-state index in [1.807, 2.05) is 12.1 Å². The second-order valence-electron chi connectivity index (χ2n) is 5.54. The molecule has 1 aromatic rings. The molecule has 0 fully saturated rings. The van der Waals surface area contributed by atoms with E-state index in [2.05, 4.69) is 32.7 Å². The fourth-order valence-corrected chi connectivity index (χ4v) is 1.70. The van der Waals surface area contributed by atoms with Gasteiger partial charge < -0.3 is 9.47 Å². The number of nitrogens with zero attached hydrogens (tertiary/aromatic N) is 1. The van der Waals surface area contributed by atoms with Gasteiger partial charge in [0, 0.05) is 24.0 Å². The van der Waals surface area contributed by atoms with E-state index in [0.717, 1.165) is 24.3 Å². The van der Waals surface area contributed by atoms with Crippen LogP contribution in [0.15, 0.2) is 12.1 Å². The van der Waals surface area contributed by atoms with Crippen molar-refractivity contribution in [3.63, 3.8) is 0 Å². The fourth-order valence-electron chi connectivity index (χ4n) is 1.55. The Labute approximate surface area is 121 Å². The van der Waals surface area contributed by atoms with Crippen LogP contribution in [0.25, 0.3) is 0 Å². The summed E-state index contributed by atoms with van der Waals surface area (Å²) in [5, 5.41) is 0. The van der Waals surface area contributed by atoms with Gasteiger partial charge in [0.05, 0.1) is 12.3 Å². The fraction of sp³-hybridized carbons (Fsp3) is 0.667. The highest BCUT2D eigenvalue weighted by Crippen LogP contribution is 2.24. The Bertz CT molecular complexity index is 388. The Balaban J connectivity index is 2.67. The molecule has 0 saturated carbocycles. The van der Waals surface area contributed by atoms with Crippen molar-refractivity contribution >= 4 is 11.6 Å². The Morgan fingerprint density at radius 1 is 1.16 bits per heavy atom. The quantitative estimate of drug-likeness (QED) is 0.562. The normalized spacial score (nSPS) is 11.6. The monoisotopic (exact) mass is 285 g/mol. The summed E-state index contributed by atoms with van der Waals surface area (Å²) in [6.45, 7) is 10.3. The summed E-state index contributed by atoms with van der Waals surface area (Å²) in [5.41, 5.74) is 2.01. The van der Waals surface area contributed by atoms with Gasteiger partial charge in [-0.3, -0.25) is 0 Å². The van der Waals surface area contributed by atoms with Crippen molar-refractivity contribution in [2.24, 2.45) is 0 Å². The molecule has 0 aromatic carbocycles. The molecule has 0 atom stereocenters. The maximum Gasteiger partial charge on any atom is 0.213 e. The minimum atomic E-state index is -0.0150. The molecule has 4 heteroatoms. The summed E-state index contributed by atoms with van der Waals surface area (Å²) in [7, 11) is 0. The van der Waals surface area contributed by atoms with Crippen molar-refractivity contribution in [1.82, 2.24) is 4.98 Å².